The van der Waals surface area contributed by atoms with E-state index in [1.807, 2.05) is 12.1 Å². The molecule has 0 saturated carbocycles. The highest BCUT2D eigenvalue weighted by Crippen LogP contribution is 2.36. The highest BCUT2D eigenvalue weighted by molar-refractivity contribution is 7.99. The second kappa shape index (κ2) is 5.96. The topological polar surface area (TPSA) is 99.9 Å². The first-order valence-corrected chi connectivity index (χ1v) is 6.93. The lowest BCUT2D eigenvalue weighted by Crippen LogP contribution is -2.02. The van der Waals surface area contributed by atoms with Crippen LogP contribution >= 0.6 is 11.8 Å². The molecule has 2 heterocycles. The van der Waals surface area contributed by atoms with Crippen molar-refractivity contribution in [3.05, 3.63) is 24.0 Å². The summed E-state index contributed by atoms with van der Waals surface area (Å²) in [6.45, 7) is 4.16. The Labute approximate surface area is 122 Å². The third kappa shape index (κ3) is 3.11. The van der Waals surface area contributed by atoms with Crippen molar-refractivity contribution in [3.8, 4) is 5.88 Å². The summed E-state index contributed by atoms with van der Waals surface area (Å²) in [7, 11) is 1.60. The second-order valence-electron chi connectivity index (χ2n) is 4.47. The molecule has 0 saturated heterocycles. The third-order valence-electron chi connectivity index (χ3n) is 2.64. The molecule has 106 valence electrons. The van der Waals surface area contributed by atoms with Crippen molar-refractivity contribution in [2.24, 2.45) is 0 Å². The third-order valence-corrected chi connectivity index (χ3v) is 3.74. The molecule has 0 fully saturated rings. The Morgan fingerprint density at radius 2 is 1.90 bits per heavy atom. The molecule has 0 aliphatic heterocycles. The van der Waals surface area contributed by atoms with Crippen LogP contribution in [0, 0.1) is 0 Å². The predicted octanol–water partition coefficient (Wildman–Crippen LogP) is 2.32. The van der Waals surface area contributed by atoms with Crippen LogP contribution in [0.3, 0.4) is 0 Å². The van der Waals surface area contributed by atoms with Gasteiger partial charge in [0, 0.05) is 17.2 Å². The fourth-order valence-corrected chi connectivity index (χ4v) is 2.67. The first-order valence-electron chi connectivity index (χ1n) is 6.12. The number of nitrogens with two attached hydrogens (primary N) is 2. The molecule has 0 aliphatic carbocycles. The fraction of sp³-hybridized carbons (Fsp3) is 0.308. The van der Waals surface area contributed by atoms with Gasteiger partial charge in [-0.05, 0) is 12.0 Å². The maximum Gasteiger partial charge on any atom is 0.221 e. The molecule has 7 heteroatoms. The molecule has 2 aromatic rings. The van der Waals surface area contributed by atoms with Crippen LogP contribution in [-0.2, 0) is 0 Å². The van der Waals surface area contributed by atoms with E-state index in [0.717, 1.165) is 15.5 Å². The summed E-state index contributed by atoms with van der Waals surface area (Å²) in [4.78, 5) is 14.2. The highest BCUT2D eigenvalue weighted by atomic mass is 32.2. The van der Waals surface area contributed by atoms with Crippen molar-refractivity contribution in [1.82, 2.24) is 15.0 Å². The lowest BCUT2D eigenvalue weighted by molar-refractivity contribution is 0.394. The molecule has 0 amide bonds. The number of methoxy groups -OCH3 is 1. The zero-order valence-electron chi connectivity index (χ0n) is 11.6. The Hall–Kier alpha value is -2.02. The smallest absolute Gasteiger partial charge is 0.221 e. The summed E-state index contributed by atoms with van der Waals surface area (Å²) in [6, 6.07) is 3.78. The Morgan fingerprint density at radius 1 is 1.15 bits per heavy atom. The van der Waals surface area contributed by atoms with Crippen LogP contribution in [0.2, 0.25) is 0 Å². The molecule has 20 heavy (non-hydrogen) atoms. The average molecular weight is 291 g/mol. The molecule has 0 atom stereocenters. The van der Waals surface area contributed by atoms with Gasteiger partial charge < -0.3 is 16.2 Å². The van der Waals surface area contributed by atoms with Gasteiger partial charge in [-0.2, -0.15) is 4.98 Å². The van der Waals surface area contributed by atoms with E-state index >= 15 is 0 Å². The summed E-state index contributed by atoms with van der Waals surface area (Å²) in [6.07, 6.45) is 1.62. The molecule has 0 aliphatic rings. The van der Waals surface area contributed by atoms with Gasteiger partial charge in [0.25, 0.3) is 0 Å². The molecule has 0 spiro atoms. The van der Waals surface area contributed by atoms with Crippen molar-refractivity contribution in [1.29, 1.82) is 0 Å². The van der Waals surface area contributed by atoms with Crippen molar-refractivity contribution in [3.63, 3.8) is 0 Å². The first kappa shape index (κ1) is 14.4. The molecule has 0 aromatic carbocycles. The normalized spacial score (nSPS) is 10.8. The van der Waals surface area contributed by atoms with Gasteiger partial charge in [0.05, 0.1) is 17.7 Å². The lowest BCUT2D eigenvalue weighted by atomic mass is 10.1. The fourth-order valence-electron chi connectivity index (χ4n) is 1.65. The summed E-state index contributed by atoms with van der Waals surface area (Å²) in [5, 5.41) is 0. The van der Waals surface area contributed by atoms with Crippen molar-refractivity contribution in [2.45, 2.75) is 29.6 Å². The van der Waals surface area contributed by atoms with Gasteiger partial charge in [0.1, 0.15) is 5.82 Å². The Morgan fingerprint density at radius 3 is 2.50 bits per heavy atom. The largest absolute Gasteiger partial charge is 0.481 e. The quantitative estimate of drug-likeness (QED) is 0.891. The zero-order chi connectivity index (χ0) is 14.7. The Kier molecular flexibility index (Phi) is 4.29. The summed E-state index contributed by atoms with van der Waals surface area (Å²) in [5.41, 5.74) is 12.3. The number of nitrogen functional groups attached to an aromatic ring is 2. The summed E-state index contributed by atoms with van der Waals surface area (Å²) in [5.74, 6) is 1.40. The van der Waals surface area contributed by atoms with Gasteiger partial charge in [-0.15, -0.1) is 0 Å². The monoisotopic (exact) mass is 291 g/mol. The standard InChI is InChI=1S/C13H17N5OS/c1-7(2)11-8(4-5-10(17-11)19-3)20-9-6-16-13(15)18-12(9)14/h4-7H,1-3H3,(H4,14,15,16,18). The van der Waals surface area contributed by atoms with E-state index in [1.165, 1.54) is 11.8 Å². The van der Waals surface area contributed by atoms with Crippen LogP contribution in [-0.4, -0.2) is 22.1 Å². The first-order chi connectivity index (χ1) is 9.51. The molecule has 6 nitrogen and oxygen atoms in total. The van der Waals surface area contributed by atoms with Crippen LogP contribution in [0.4, 0.5) is 11.8 Å². The molecular formula is C13H17N5OS. The van der Waals surface area contributed by atoms with Crippen LogP contribution in [0.1, 0.15) is 25.5 Å². The van der Waals surface area contributed by atoms with E-state index in [0.29, 0.717) is 11.7 Å². The van der Waals surface area contributed by atoms with Crippen molar-refractivity contribution >= 4 is 23.5 Å². The molecule has 0 radical (unpaired) electrons. The minimum absolute atomic E-state index is 0.170. The maximum absolute atomic E-state index is 5.85. The Bertz CT molecular complexity index is 618. The van der Waals surface area contributed by atoms with Gasteiger partial charge in [-0.1, -0.05) is 25.6 Å². The van der Waals surface area contributed by atoms with E-state index in [4.69, 9.17) is 16.2 Å². The maximum atomic E-state index is 5.85. The number of pyridine rings is 1. The predicted molar refractivity (Wildman–Crippen MR) is 79.9 cm³/mol. The van der Waals surface area contributed by atoms with Crippen LogP contribution in [0.15, 0.2) is 28.1 Å². The van der Waals surface area contributed by atoms with Crippen LogP contribution < -0.4 is 16.2 Å². The lowest BCUT2D eigenvalue weighted by Gasteiger charge is -2.13. The number of nitrogens with zero attached hydrogens (tertiary/aromatic N) is 3. The van der Waals surface area contributed by atoms with Gasteiger partial charge in [0.2, 0.25) is 11.8 Å². The molecular weight excluding hydrogens is 274 g/mol. The molecule has 0 unspecified atom stereocenters. The van der Waals surface area contributed by atoms with Crippen LogP contribution in [0.5, 0.6) is 5.88 Å². The average Bonchev–Trinajstić information content (AvgIpc) is 2.42. The number of hydrogen-bond donors (Lipinski definition) is 2. The minimum Gasteiger partial charge on any atom is -0.481 e. The SMILES string of the molecule is COc1ccc(Sc2cnc(N)nc2N)c(C(C)C)n1. The zero-order valence-corrected chi connectivity index (χ0v) is 12.4. The number of hydrogen-bond acceptors (Lipinski definition) is 7. The van der Waals surface area contributed by atoms with Crippen molar-refractivity contribution < 1.29 is 4.74 Å². The number of rotatable bonds is 4. The summed E-state index contributed by atoms with van der Waals surface area (Å²) >= 11 is 1.47. The molecule has 2 rings (SSSR count). The second-order valence-corrected chi connectivity index (χ2v) is 5.56. The van der Waals surface area contributed by atoms with Gasteiger partial charge in [-0.3, -0.25) is 0 Å². The minimum atomic E-state index is 0.170. The van der Waals surface area contributed by atoms with E-state index < -0.39 is 0 Å². The molecule has 4 N–H and O–H groups in total. The van der Waals surface area contributed by atoms with E-state index in [9.17, 15) is 0 Å². The number of ether oxygens (including phenoxy) is 1. The van der Waals surface area contributed by atoms with Gasteiger partial charge in [-0.25, -0.2) is 9.97 Å². The van der Waals surface area contributed by atoms with E-state index in [1.54, 1.807) is 13.3 Å². The summed E-state index contributed by atoms with van der Waals surface area (Å²) < 4.78 is 5.16. The van der Waals surface area contributed by atoms with Gasteiger partial charge in [0.15, 0.2) is 0 Å². The number of anilines is 2. The Balaban J connectivity index is 2.37. The molecule has 0 bridgehead atoms. The van der Waals surface area contributed by atoms with Crippen LogP contribution in [0.25, 0.3) is 0 Å². The van der Waals surface area contributed by atoms with E-state index in [-0.39, 0.29) is 11.9 Å². The van der Waals surface area contributed by atoms with Crippen molar-refractivity contribution in [2.75, 3.05) is 18.6 Å². The van der Waals surface area contributed by atoms with E-state index in [2.05, 4.69) is 28.8 Å². The molecule has 2 aromatic heterocycles. The van der Waals surface area contributed by atoms with Gasteiger partial charge >= 0.3 is 0 Å². The number of aromatic nitrogens is 3. The highest BCUT2D eigenvalue weighted by Gasteiger charge is 2.13.